The first-order valence-electron chi connectivity index (χ1n) is 9.49. The van der Waals surface area contributed by atoms with Gasteiger partial charge >= 0.3 is 0 Å². The molecule has 1 aliphatic heterocycles. The normalized spacial score (nSPS) is 16.2. The van der Waals surface area contributed by atoms with Crippen LogP contribution >= 0.6 is 0 Å². The second-order valence-electron chi connectivity index (χ2n) is 7.00. The number of anilines is 2. The molecule has 0 aliphatic carbocycles. The topological polar surface area (TPSA) is 44.8 Å². The Bertz CT molecular complexity index is 953. The Balaban J connectivity index is 1.33. The number of piperazine rings is 1. The molecule has 0 radical (unpaired) electrons. The SMILES string of the molecule is COS(=O)Nc1ccc(N2CCN(Cc3ccc4ccccc4c3)CC2)cc1. The number of nitrogens with one attached hydrogen (secondary N) is 1. The van der Waals surface area contributed by atoms with Gasteiger partial charge in [0.15, 0.2) is 0 Å². The van der Waals surface area contributed by atoms with E-state index < -0.39 is 11.3 Å². The summed E-state index contributed by atoms with van der Waals surface area (Å²) in [6.07, 6.45) is 0. The lowest BCUT2D eigenvalue weighted by Gasteiger charge is -2.36. The number of hydrogen-bond acceptors (Lipinski definition) is 4. The van der Waals surface area contributed by atoms with Crippen molar-refractivity contribution in [1.29, 1.82) is 0 Å². The van der Waals surface area contributed by atoms with Gasteiger partial charge in [0, 0.05) is 44.1 Å². The predicted octanol–water partition coefficient (Wildman–Crippen LogP) is 3.80. The van der Waals surface area contributed by atoms with E-state index in [9.17, 15) is 4.21 Å². The molecule has 1 aliphatic rings. The van der Waals surface area contributed by atoms with Crippen LogP contribution in [0.25, 0.3) is 10.8 Å². The fourth-order valence-corrected chi connectivity index (χ4v) is 4.05. The molecule has 1 heterocycles. The summed E-state index contributed by atoms with van der Waals surface area (Å²) in [6, 6.07) is 23.3. The van der Waals surface area contributed by atoms with Crippen molar-refractivity contribution < 1.29 is 8.39 Å². The lowest BCUT2D eigenvalue weighted by Crippen LogP contribution is -2.45. The molecule has 4 rings (SSSR count). The third kappa shape index (κ3) is 4.52. The van der Waals surface area contributed by atoms with Crippen LogP contribution in [-0.2, 0) is 22.0 Å². The van der Waals surface area contributed by atoms with Crippen LogP contribution in [0.5, 0.6) is 0 Å². The Kier molecular flexibility index (Phi) is 5.90. The maximum atomic E-state index is 11.4. The summed E-state index contributed by atoms with van der Waals surface area (Å²) >= 11 is -1.49. The zero-order valence-corrected chi connectivity index (χ0v) is 16.8. The molecule has 0 bridgehead atoms. The molecule has 1 unspecified atom stereocenters. The van der Waals surface area contributed by atoms with Gasteiger partial charge in [-0.1, -0.05) is 36.4 Å². The van der Waals surface area contributed by atoms with Crippen molar-refractivity contribution in [2.24, 2.45) is 0 Å². The van der Waals surface area contributed by atoms with Crippen LogP contribution in [0.1, 0.15) is 5.56 Å². The largest absolute Gasteiger partial charge is 0.369 e. The van der Waals surface area contributed by atoms with Gasteiger partial charge in [0.1, 0.15) is 0 Å². The van der Waals surface area contributed by atoms with Crippen molar-refractivity contribution in [2.45, 2.75) is 6.54 Å². The maximum absolute atomic E-state index is 11.4. The lowest BCUT2D eigenvalue weighted by atomic mass is 10.1. The molecular formula is C22H25N3O2S. The van der Waals surface area contributed by atoms with Crippen molar-refractivity contribution in [2.75, 3.05) is 42.9 Å². The standard InChI is InChI=1S/C22H25N3O2S/c1-27-28(26)23-21-8-10-22(11-9-21)25-14-12-24(13-15-25)17-18-6-7-19-4-2-3-5-20(19)16-18/h2-11,16,23H,12-15,17H2,1H3. The van der Waals surface area contributed by atoms with E-state index in [-0.39, 0.29) is 0 Å². The number of benzene rings is 3. The highest BCUT2D eigenvalue weighted by Gasteiger charge is 2.17. The summed E-state index contributed by atoms with van der Waals surface area (Å²) in [6.45, 7) is 5.08. The third-order valence-corrected chi connectivity index (χ3v) is 5.88. The van der Waals surface area contributed by atoms with Crippen LogP contribution in [0.15, 0.2) is 66.7 Å². The minimum atomic E-state index is -1.49. The van der Waals surface area contributed by atoms with Crippen molar-refractivity contribution in [1.82, 2.24) is 4.90 Å². The van der Waals surface area contributed by atoms with E-state index in [1.165, 1.54) is 29.1 Å². The molecule has 28 heavy (non-hydrogen) atoms. The van der Waals surface area contributed by atoms with Gasteiger partial charge in [0.05, 0.1) is 7.11 Å². The van der Waals surface area contributed by atoms with Crippen LogP contribution in [-0.4, -0.2) is 42.4 Å². The highest BCUT2D eigenvalue weighted by molar-refractivity contribution is 7.81. The number of fused-ring (bicyclic) bond motifs is 1. The highest BCUT2D eigenvalue weighted by Crippen LogP contribution is 2.21. The molecular weight excluding hydrogens is 370 g/mol. The average Bonchev–Trinajstić information content (AvgIpc) is 2.75. The fourth-order valence-electron chi connectivity index (χ4n) is 3.64. The van der Waals surface area contributed by atoms with E-state index >= 15 is 0 Å². The smallest absolute Gasteiger partial charge is 0.261 e. The van der Waals surface area contributed by atoms with Gasteiger partial charge in [-0.2, -0.15) is 0 Å². The molecule has 5 nitrogen and oxygen atoms in total. The monoisotopic (exact) mass is 395 g/mol. The van der Waals surface area contributed by atoms with Crippen molar-refractivity contribution in [3.8, 4) is 0 Å². The number of rotatable bonds is 6. The van der Waals surface area contributed by atoms with Crippen molar-refractivity contribution >= 4 is 33.4 Å². The van der Waals surface area contributed by atoms with E-state index in [0.29, 0.717) is 0 Å². The molecule has 6 heteroatoms. The summed E-state index contributed by atoms with van der Waals surface area (Å²) in [4.78, 5) is 4.91. The number of nitrogens with zero attached hydrogens (tertiary/aromatic N) is 2. The summed E-state index contributed by atoms with van der Waals surface area (Å²) in [7, 11) is 1.41. The minimum absolute atomic E-state index is 0.791. The fraction of sp³-hybridized carbons (Fsp3) is 0.273. The minimum Gasteiger partial charge on any atom is -0.369 e. The Labute approximate surface area is 168 Å². The van der Waals surface area contributed by atoms with E-state index in [2.05, 4.69) is 69.1 Å². The Morgan fingerprint density at radius 2 is 1.64 bits per heavy atom. The van der Waals surface area contributed by atoms with Crippen molar-refractivity contribution in [3.63, 3.8) is 0 Å². The van der Waals surface area contributed by atoms with Gasteiger partial charge in [-0.3, -0.25) is 13.8 Å². The molecule has 0 aromatic heterocycles. The molecule has 1 N–H and O–H groups in total. The Morgan fingerprint density at radius 1 is 0.929 bits per heavy atom. The second-order valence-corrected chi connectivity index (χ2v) is 8.00. The zero-order valence-electron chi connectivity index (χ0n) is 16.0. The van der Waals surface area contributed by atoms with Gasteiger partial charge < -0.3 is 4.90 Å². The molecule has 1 atom stereocenters. The first kappa shape index (κ1) is 18.9. The van der Waals surface area contributed by atoms with E-state index in [1.54, 1.807) is 0 Å². The maximum Gasteiger partial charge on any atom is 0.261 e. The predicted molar refractivity (Wildman–Crippen MR) is 117 cm³/mol. The third-order valence-electron chi connectivity index (χ3n) is 5.18. The molecule has 0 spiro atoms. The van der Waals surface area contributed by atoms with Gasteiger partial charge in [0.2, 0.25) is 0 Å². The van der Waals surface area contributed by atoms with Crippen LogP contribution < -0.4 is 9.62 Å². The quantitative estimate of drug-likeness (QED) is 0.690. The average molecular weight is 396 g/mol. The van der Waals surface area contributed by atoms with E-state index in [0.717, 1.165) is 38.4 Å². The Hall–Kier alpha value is -2.41. The van der Waals surface area contributed by atoms with Gasteiger partial charge in [-0.25, -0.2) is 4.21 Å². The summed E-state index contributed by atoms with van der Waals surface area (Å²) < 4.78 is 18.9. The van der Waals surface area contributed by atoms with E-state index in [1.807, 2.05) is 12.1 Å². The number of hydrogen-bond donors (Lipinski definition) is 1. The van der Waals surface area contributed by atoms with Crippen LogP contribution in [0.3, 0.4) is 0 Å². The summed E-state index contributed by atoms with van der Waals surface area (Å²) in [5, 5.41) is 2.60. The van der Waals surface area contributed by atoms with Gasteiger partial charge in [-0.15, -0.1) is 0 Å². The molecule has 3 aromatic rings. The first-order valence-corrected chi connectivity index (χ1v) is 10.6. The molecule has 146 valence electrons. The molecule has 1 saturated heterocycles. The first-order chi connectivity index (χ1) is 13.7. The molecule has 3 aromatic carbocycles. The second kappa shape index (κ2) is 8.73. The zero-order chi connectivity index (χ0) is 19.3. The Morgan fingerprint density at radius 3 is 2.36 bits per heavy atom. The molecule has 0 amide bonds. The van der Waals surface area contributed by atoms with Crippen LogP contribution in [0, 0.1) is 0 Å². The van der Waals surface area contributed by atoms with Gasteiger partial charge in [-0.05, 0) is 46.7 Å². The summed E-state index contributed by atoms with van der Waals surface area (Å²) in [5.41, 5.74) is 3.35. The van der Waals surface area contributed by atoms with Crippen molar-refractivity contribution in [3.05, 3.63) is 72.3 Å². The van der Waals surface area contributed by atoms with Crippen LogP contribution in [0.4, 0.5) is 11.4 Å². The lowest BCUT2D eigenvalue weighted by molar-refractivity contribution is 0.250. The molecule has 0 saturated carbocycles. The van der Waals surface area contributed by atoms with Gasteiger partial charge in [0.25, 0.3) is 11.3 Å². The van der Waals surface area contributed by atoms with Crippen LogP contribution in [0.2, 0.25) is 0 Å². The highest BCUT2D eigenvalue weighted by atomic mass is 32.2. The van der Waals surface area contributed by atoms with E-state index in [4.69, 9.17) is 4.18 Å². The molecule has 1 fully saturated rings. The summed E-state index contributed by atoms with van der Waals surface area (Å²) in [5.74, 6) is 0.